The quantitative estimate of drug-likeness (QED) is 0.567. The summed E-state index contributed by atoms with van der Waals surface area (Å²) in [4.78, 5) is 6.20. The molecule has 3 fully saturated rings. The fourth-order valence-electron chi connectivity index (χ4n) is 2.97. The molecule has 1 aromatic rings. The Balaban J connectivity index is 1.79. The first-order valence-electron chi connectivity index (χ1n) is 6.49. The molecule has 7 heteroatoms. The van der Waals surface area contributed by atoms with Crippen molar-refractivity contribution in [3.8, 4) is 0 Å². The Labute approximate surface area is 110 Å². The molecule has 3 aliphatic rings. The first-order chi connectivity index (χ1) is 9.17. The van der Waals surface area contributed by atoms with Crippen LogP contribution in [0, 0.1) is 17.6 Å². The molecule has 19 heavy (non-hydrogen) atoms. The van der Waals surface area contributed by atoms with Crippen molar-refractivity contribution in [1.82, 2.24) is 9.88 Å². The van der Waals surface area contributed by atoms with Gasteiger partial charge >= 0.3 is 0 Å². The molecule has 0 saturated carbocycles. The standard InChI is InChI=1S/C12H17F2N5/c13-8-5-9(14)12(18-15)17-11(8)16-10-6-19-3-1-7(10)2-4-19/h5,7,10H,1-4,6,15H2,(H2,16,17,18). The molecule has 3 saturated heterocycles. The maximum atomic E-state index is 13.7. The van der Waals surface area contributed by atoms with E-state index in [1.54, 1.807) is 0 Å². The second kappa shape index (κ2) is 4.90. The lowest BCUT2D eigenvalue weighted by Crippen LogP contribution is -2.53. The summed E-state index contributed by atoms with van der Waals surface area (Å²) >= 11 is 0. The number of halogens is 2. The summed E-state index contributed by atoms with van der Waals surface area (Å²) in [7, 11) is 0. The zero-order valence-corrected chi connectivity index (χ0v) is 10.5. The molecule has 104 valence electrons. The van der Waals surface area contributed by atoms with E-state index in [0.29, 0.717) is 5.92 Å². The smallest absolute Gasteiger partial charge is 0.178 e. The molecular formula is C12H17F2N5. The minimum atomic E-state index is -0.792. The van der Waals surface area contributed by atoms with E-state index in [2.05, 4.69) is 20.6 Å². The van der Waals surface area contributed by atoms with Crippen molar-refractivity contribution in [1.29, 1.82) is 0 Å². The number of aromatic nitrogens is 1. The van der Waals surface area contributed by atoms with E-state index in [9.17, 15) is 8.78 Å². The van der Waals surface area contributed by atoms with Crippen LogP contribution in [0.15, 0.2) is 6.07 Å². The number of nitrogens with zero attached hydrogens (tertiary/aromatic N) is 2. The molecule has 5 nitrogen and oxygen atoms in total. The fraction of sp³-hybridized carbons (Fsp3) is 0.583. The van der Waals surface area contributed by atoms with Crippen LogP contribution in [0.25, 0.3) is 0 Å². The zero-order valence-electron chi connectivity index (χ0n) is 10.5. The zero-order chi connectivity index (χ0) is 13.4. The van der Waals surface area contributed by atoms with Gasteiger partial charge in [0.05, 0.1) is 0 Å². The first-order valence-corrected chi connectivity index (χ1v) is 6.49. The average molecular weight is 269 g/mol. The van der Waals surface area contributed by atoms with Gasteiger partial charge in [0.25, 0.3) is 0 Å². The number of nitrogen functional groups attached to an aromatic ring is 1. The topological polar surface area (TPSA) is 66.2 Å². The number of piperidine rings is 3. The van der Waals surface area contributed by atoms with Crippen molar-refractivity contribution >= 4 is 11.6 Å². The van der Waals surface area contributed by atoms with Crippen molar-refractivity contribution in [2.24, 2.45) is 11.8 Å². The lowest BCUT2D eigenvalue weighted by molar-refractivity contribution is 0.0972. The molecule has 0 radical (unpaired) electrons. The van der Waals surface area contributed by atoms with Gasteiger partial charge in [-0.1, -0.05) is 0 Å². The molecular weight excluding hydrogens is 252 g/mol. The number of rotatable bonds is 3. The molecule has 0 amide bonds. The van der Waals surface area contributed by atoms with Gasteiger partial charge in [0.15, 0.2) is 23.3 Å². The number of nitrogens with two attached hydrogens (primary N) is 1. The average Bonchev–Trinajstić information content (AvgIpc) is 2.43. The predicted octanol–water partition coefficient (Wildman–Crippen LogP) is 1.15. The molecule has 4 N–H and O–H groups in total. The summed E-state index contributed by atoms with van der Waals surface area (Å²) in [5, 5.41) is 3.09. The molecule has 1 atom stereocenters. The Morgan fingerprint density at radius 2 is 1.89 bits per heavy atom. The number of pyridine rings is 1. The Morgan fingerprint density at radius 1 is 1.21 bits per heavy atom. The molecule has 2 bridgehead atoms. The van der Waals surface area contributed by atoms with Crippen LogP contribution in [-0.4, -0.2) is 35.6 Å². The van der Waals surface area contributed by atoms with Crippen LogP contribution in [0.4, 0.5) is 20.4 Å². The largest absolute Gasteiger partial charge is 0.363 e. The van der Waals surface area contributed by atoms with Crippen molar-refractivity contribution in [3.05, 3.63) is 17.7 Å². The van der Waals surface area contributed by atoms with Crippen molar-refractivity contribution in [2.45, 2.75) is 18.9 Å². The molecule has 1 unspecified atom stereocenters. The summed E-state index contributed by atoms with van der Waals surface area (Å²) in [5.74, 6) is 4.12. The van der Waals surface area contributed by atoms with Gasteiger partial charge in [0.2, 0.25) is 0 Å². The Morgan fingerprint density at radius 3 is 2.47 bits per heavy atom. The van der Waals surface area contributed by atoms with Gasteiger partial charge in [0, 0.05) is 18.7 Å². The van der Waals surface area contributed by atoms with Gasteiger partial charge in [-0.2, -0.15) is 0 Å². The molecule has 3 aliphatic heterocycles. The first kappa shape index (κ1) is 12.6. The van der Waals surface area contributed by atoms with Gasteiger partial charge < -0.3 is 15.6 Å². The third-order valence-electron chi connectivity index (χ3n) is 4.04. The lowest BCUT2D eigenvalue weighted by Gasteiger charge is -2.45. The summed E-state index contributed by atoms with van der Waals surface area (Å²) in [6.07, 6.45) is 2.23. The van der Waals surface area contributed by atoms with Gasteiger partial charge in [-0.05, 0) is 31.8 Å². The molecule has 0 aliphatic carbocycles. The van der Waals surface area contributed by atoms with Crippen molar-refractivity contribution in [2.75, 3.05) is 30.4 Å². The monoisotopic (exact) mass is 269 g/mol. The van der Waals surface area contributed by atoms with Gasteiger partial charge in [-0.15, -0.1) is 0 Å². The van der Waals surface area contributed by atoms with Gasteiger partial charge in [-0.25, -0.2) is 19.6 Å². The maximum absolute atomic E-state index is 13.7. The number of hydrogen-bond acceptors (Lipinski definition) is 5. The SMILES string of the molecule is NNc1nc(NC2CN3CCC2CC3)c(F)cc1F. The van der Waals surface area contributed by atoms with E-state index in [1.165, 1.54) is 0 Å². The number of hydrazine groups is 1. The van der Waals surface area contributed by atoms with E-state index >= 15 is 0 Å². The number of nitrogens with one attached hydrogen (secondary N) is 2. The summed E-state index contributed by atoms with van der Waals surface area (Å²) in [6, 6.07) is 0.965. The summed E-state index contributed by atoms with van der Waals surface area (Å²) in [5.41, 5.74) is 2.13. The van der Waals surface area contributed by atoms with E-state index in [1.807, 2.05) is 0 Å². The van der Waals surface area contributed by atoms with Crippen LogP contribution in [0.1, 0.15) is 12.8 Å². The highest BCUT2D eigenvalue weighted by atomic mass is 19.1. The van der Waals surface area contributed by atoms with E-state index < -0.39 is 11.6 Å². The van der Waals surface area contributed by atoms with E-state index in [4.69, 9.17) is 5.84 Å². The predicted molar refractivity (Wildman–Crippen MR) is 68.5 cm³/mol. The van der Waals surface area contributed by atoms with Crippen LogP contribution >= 0.6 is 0 Å². The van der Waals surface area contributed by atoms with Gasteiger partial charge in [0.1, 0.15) is 0 Å². The van der Waals surface area contributed by atoms with Crippen molar-refractivity contribution in [3.63, 3.8) is 0 Å². The van der Waals surface area contributed by atoms with Crippen LogP contribution in [0.3, 0.4) is 0 Å². The Hall–Kier alpha value is -1.47. The molecule has 1 aromatic heterocycles. The fourth-order valence-corrected chi connectivity index (χ4v) is 2.97. The highest BCUT2D eigenvalue weighted by molar-refractivity contribution is 5.47. The third kappa shape index (κ3) is 2.35. The summed E-state index contributed by atoms with van der Waals surface area (Å²) in [6.45, 7) is 3.10. The van der Waals surface area contributed by atoms with Gasteiger partial charge in [-0.3, -0.25) is 0 Å². The third-order valence-corrected chi connectivity index (χ3v) is 4.04. The number of fused-ring (bicyclic) bond motifs is 3. The van der Waals surface area contributed by atoms with Crippen LogP contribution in [0.2, 0.25) is 0 Å². The Kier molecular flexibility index (Phi) is 3.24. The van der Waals surface area contributed by atoms with Crippen LogP contribution in [0.5, 0.6) is 0 Å². The lowest BCUT2D eigenvalue weighted by atomic mass is 9.84. The maximum Gasteiger partial charge on any atom is 0.178 e. The molecule has 4 heterocycles. The highest BCUT2D eigenvalue weighted by Crippen LogP contribution is 2.30. The normalized spacial score (nSPS) is 29.3. The number of anilines is 2. The van der Waals surface area contributed by atoms with Crippen molar-refractivity contribution < 1.29 is 8.78 Å². The van der Waals surface area contributed by atoms with Crippen LogP contribution in [-0.2, 0) is 0 Å². The van der Waals surface area contributed by atoms with E-state index in [-0.39, 0.29) is 17.7 Å². The summed E-state index contributed by atoms with van der Waals surface area (Å²) < 4.78 is 27.0. The molecule has 0 spiro atoms. The number of hydrogen-bond donors (Lipinski definition) is 3. The minimum absolute atomic E-state index is 0.0631. The molecule has 0 aromatic carbocycles. The van der Waals surface area contributed by atoms with Crippen LogP contribution < -0.4 is 16.6 Å². The second-order valence-electron chi connectivity index (χ2n) is 5.18. The highest BCUT2D eigenvalue weighted by Gasteiger charge is 2.34. The van der Waals surface area contributed by atoms with E-state index in [0.717, 1.165) is 38.5 Å². The Bertz CT molecular complexity index is 473. The second-order valence-corrected chi connectivity index (χ2v) is 5.18. The minimum Gasteiger partial charge on any atom is -0.363 e. The molecule has 4 rings (SSSR count).